The zero-order valence-corrected chi connectivity index (χ0v) is 22.1. The van der Waals surface area contributed by atoms with Crippen LogP contribution in [0.2, 0.25) is 0 Å². The molecule has 4 nitrogen and oxygen atoms in total. The van der Waals surface area contributed by atoms with E-state index < -0.39 is 0 Å². The maximum atomic E-state index is 4.88. The zero-order chi connectivity index (χ0) is 25.3. The number of rotatable bonds is 4. The van der Waals surface area contributed by atoms with Crippen LogP contribution in [-0.2, 0) is 0 Å². The van der Waals surface area contributed by atoms with Crippen molar-refractivity contribution in [3.63, 3.8) is 0 Å². The van der Waals surface area contributed by atoms with Crippen LogP contribution in [-0.4, -0.2) is 29.9 Å². The van der Waals surface area contributed by atoms with E-state index in [0.717, 1.165) is 22.4 Å². The molecule has 0 radical (unpaired) electrons. The number of nitrogens with zero attached hydrogens (tertiary/aromatic N) is 4. The third kappa shape index (κ3) is 4.18. The first kappa shape index (κ1) is 22.6. The van der Waals surface area contributed by atoms with Gasteiger partial charge in [-0.3, -0.25) is 0 Å². The minimum Gasteiger partial charge on any atom is -0.0615 e. The van der Waals surface area contributed by atoms with E-state index in [2.05, 4.69) is 77.7 Å². The number of benzene rings is 5. The summed E-state index contributed by atoms with van der Waals surface area (Å²) in [5, 5.41) is 0. The third-order valence-corrected chi connectivity index (χ3v) is 8.89. The van der Waals surface area contributed by atoms with Crippen LogP contribution in [0.1, 0.15) is 0 Å². The summed E-state index contributed by atoms with van der Waals surface area (Å²) in [6, 6.07) is 46.1. The SMILES string of the molecule is c1ccc(-c2nc(-c3ccccc3)nc(-c3ccc(N4c5ccccc5[Se]c5ccccc54)cc3)n2)cc1. The first-order valence-corrected chi connectivity index (χ1v) is 14.2. The Balaban J connectivity index is 1.32. The molecule has 180 valence electrons. The van der Waals surface area contributed by atoms with E-state index >= 15 is 0 Å². The van der Waals surface area contributed by atoms with Gasteiger partial charge in [-0.1, -0.05) is 36.4 Å². The van der Waals surface area contributed by atoms with Crippen molar-refractivity contribution >= 4 is 40.9 Å². The fourth-order valence-corrected chi connectivity index (χ4v) is 6.90. The van der Waals surface area contributed by atoms with Crippen LogP contribution in [0.3, 0.4) is 0 Å². The van der Waals surface area contributed by atoms with Crippen molar-refractivity contribution in [2.45, 2.75) is 0 Å². The van der Waals surface area contributed by atoms with Crippen LogP contribution in [0.4, 0.5) is 17.1 Å². The smallest absolute Gasteiger partial charge is 0.0615 e. The van der Waals surface area contributed by atoms with Crippen molar-refractivity contribution in [2.24, 2.45) is 0 Å². The molecule has 1 aliphatic rings. The van der Waals surface area contributed by atoms with Gasteiger partial charge in [0.2, 0.25) is 0 Å². The van der Waals surface area contributed by atoms with E-state index in [4.69, 9.17) is 15.0 Å². The van der Waals surface area contributed by atoms with Crippen LogP contribution in [0.15, 0.2) is 133 Å². The molecule has 0 atom stereocenters. The molecule has 0 unspecified atom stereocenters. The molecule has 6 aromatic rings. The van der Waals surface area contributed by atoms with Gasteiger partial charge in [0.15, 0.2) is 0 Å². The summed E-state index contributed by atoms with van der Waals surface area (Å²) in [4.78, 5) is 16.9. The second kappa shape index (κ2) is 9.71. The van der Waals surface area contributed by atoms with E-state index in [1.807, 2.05) is 60.7 Å². The van der Waals surface area contributed by atoms with Crippen molar-refractivity contribution in [2.75, 3.05) is 4.90 Å². The Bertz CT molecular complexity index is 1630. The summed E-state index contributed by atoms with van der Waals surface area (Å²) < 4.78 is 2.78. The average Bonchev–Trinajstić information content (AvgIpc) is 3.00. The summed E-state index contributed by atoms with van der Waals surface area (Å²) in [6.07, 6.45) is 0. The Labute approximate surface area is 227 Å². The van der Waals surface area contributed by atoms with E-state index in [-0.39, 0.29) is 15.0 Å². The van der Waals surface area contributed by atoms with Gasteiger partial charge in [0.1, 0.15) is 0 Å². The molecule has 0 spiro atoms. The average molecular weight is 554 g/mol. The van der Waals surface area contributed by atoms with Crippen LogP contribution >= 0.6 is 0 Å². The summed E-state index contributed by atoms with van der Waals surface area (Å²) in [6.45, 7) is 0. The molecule has 0 aliphatic carbocycles. The molecule has 5 heteroatoms. The van der Waals surface area contributed by atoms with Crippen LogP contribution < -0.4 is 13.8 Å². The van der Waals surface area contributed by atoms with Crippen molar-refractivity contribution in [3.8, 4) is 34.2 Å². The van der Waals surface area contributed by atoms with Gasteiger partial charge in [0.05, 0.1) is 0 Å². The fourth-order valence-electron chi connectivity index (χ4n) is 4.68. The van der Waals surface area contributed by atoms with Crippen LogP contribution in [0, 0.1) is 0 Å². The van der Waals surface area contributed by atoms with Gasteiger partial charge < -0.3 is 0 Å². The van der Waals surface area contributed by atoms with Gasteiger partial charge in [-0.15, -0.1) is 0 Å². The second-order valence-electron chi connectivity index (χ2n) is 8.96. The number of hydrogen-bond donors (Lipinski definition) is 0. The molecule has 0 saturated heterocycles. The Morgan fingerprint density at radius 2 is 0.789 bits per heavy atom. The minimum atomic E-state index is 0.288. The van der Waals surface area contributed by atoms with E-state index in [1.165, 1.54) is 20.3 Å². The predicted octanol–water partition coefficient (Wildman–Crippen LogP) is 6.31. The molecule has 0 saturated carbocycles. The van der Waals surface area contributed by atoms with Crippen LogP contribution in [0.25, 0.3) is 34.2 Å². The molecule has 0 amide bonds. The number of anilines is 3. The number of hydrogen-bond acceptors (Lipinski definition) is 4. The van der Waals surface area contributed by atoms with E-state index in [0.29, 0.717) is 17.5 Å². The summed E-state index contributed by atoms with van der Waals surface area (Å²) in [5.74, 6) is 1.99. The molecule has 7 rings (SSSR count). The molecule has 1 aromatic heterocycles. The Morgan fingerprint density at radius 1 is 0.395 bits per heavy atom. The van der Waals surface area contributed by atoms with Gasteiger partial charge in [-0.05, 0) is 0 Å². The standard InChI is InChI=1S/C33H22N4Se/c1-3-11-23(12-4-1)31-34-32(24-13-5-2-6-14-24)36-33(35-31)25-19-21-26(22-20-25)37-27-15-7-9-17-29(27)38-30-18-10-8-16-28(30)37/h1-22H. The number of aromatic nitrogens is 3. The van der Waals surface area contributed by atoms with E-state index in [1.54, 1.807) is 0 Å². The third-order valence-electron chi connectivity index (χ3n) is 6.52. The van der Waals surface area contributed by atoms with Crippen molar-refractivity contribution < 1.29 is 0 Å². The molecule has 38 heavy (non-hydrogen) atoms. The van der Waals surface area contributed by atoms with Gasteiger partial charge in [-0.2, -0.15) is 0 Å². The number of para-hydroxylation sites is 2. The molecule has 5 aromatic carbocycles. The zero-order valence-electron chi connectivity index (χ0n) is 20.4. The van der Waals surface area contributed by atoms with Gasteiger partial charge in [-0.25, -0.2) is 0 Å². The molecule has 0 N–H and O–H groups in total. The predicted molar refractivity (Wildman–Crippen MR) is 156 cm³/mol. The monoisotopic (exact) mass is 554 g/mol. The molecule has 0 fully saturated rings. The molecule has 2 heterocycles. The minimum absolute atomic E-state index is 0.288. The van der Waals surface area contributed by atoms with E-state index in [9.17, 15) is 0 Å². The Kier molecular flexibility index (Phi) is 5.78. The maximum absolute atomic E-state index is 4.88. The Hall–Kier alpha value is -4.57. The number of fused-ring (bicyclic) bond motifs is 2. The van der Waals surface area contributed by atoms with Gasteiger partial charge >= 0.3 is 192 Å². The first-order valence-electron chi connectivity index (χ1n) is 12.5. The quantitative estimate of drug-likeness (QED) is 0.240. The molecule has 1 aliphatic heterocycles. The molecular formula is C33H22N4Se. The van der Waals surface area contributed by atoms with Crippen molar-refractivity contribution in [1.82, 2.24) is 15.0 Å². The van der Waals surface area contributed by atoms with Gasteiger partial charge in [0.25, 0.3) is 0 Å². The normalized spacial score (nSPS) is 12.1. The van der Waals surface area contributed by atoms with Gasteiger partial charge in [0, 0.05) is 0 Å². The first-order chi connectivity index (χ1) is 18.8. The van der Waals surface area contributed by atoms with Crippen LogP contribution in [0.5, 0.6) is 0 Å². The summed E-state index contributed by atoms with van der Waals surface area (Å²) >= 11 is 0.288. The Morgan fingerprint density at radius 3 is 1.26 bits per heavy atom. The summed E-state index contributed by atoms with van der Waals surface area (Å²) in [7, 11) is 0. The van der Waals surface area contributed by atoms with Crippen molar-refractivity contribution in [1.29, 1.82) is 0 Å². The topological polar surface area (TPSA) is 41.9 Å². The molecular weight excluding hydrogens is 531 g/mol. The summed E-state index contributed by atoms with van der Waals surface area (Å²) in [5.41, 5.74) is 6.49. The fraction of sp³-hybridized carbons (Fsp3) is 0. The molecule has 0 bridgehead atoms. The van der Waals surface area contributed by atoms with Crippen molar-refractivity contribution in [3.05, 3.63) is 133 Å². The second-order valence-corrected chi connectivity index (χ2v) is 11.2.